The zero-order valence-electron chi connectivity index (χ0n) is 25.4. The first kappa shape index (κ1) is 28.7. The lowest BCUT2D eigenvalue weighted by molar-refractivity contribution is 0.147. The first-order valence-electron chi connectivity index (χ1n) is 16.1. The molecule has 1 unspecified atom stereocenters. The van der Waals surface area contributed by atoms with E-state index >= 15 is 0 Å². The maximum Gasteiger partial charge on any atom is 0.416 e. The number of halogens is 1. The van der Waals surface area contributed by atoms with Crippen molar-refractivity contribution in [3.8, 4) is 17.0 Å². The molecule has 1 amide bonds. The third kappa shape index (κ3) is 5.30. The van der Waals surface area contributed by atoms with Crippen LogP contribution in [0.15, 0.2) is 66.3 Å². The fourth-order valence-corrected chi connectivity index (χ4v) is 7.56. The van der Waals surface area contributed by atoms with Crippen molar-refractivity contribution in [2.45, 2.75) is 63.8 Å². The largest absolute Gasteiger partial charge is 0.416 e. The summed E-state index contributed by atoms with van der Waals surface area (Å²) < 4.78 is 19.6. The Morgan fingerprint density at radius 1 is 1.00 bits per heavy atom. The number of amides is 1. The second kappa shape index (κ2) is 11.8. The van der Waals surface area contributed by atoms with E-state index in [0.29, 0.717) is 32.1 Å². The van der Waals surface area contributed by atoms with E-state index in [9.17, 15) is 9.18 Å². The van der Waals surface area contributed by atoms with Gasteiger partial charge in [-0.3, -0.25) is 0 Å². The molecule has 2 atom stereocenters. The molecular formula is C36H40FN5O2. The monoisotopic (exact) mass is 593 g/mol. The third-order valence-electron chi connectivity index (χ3n) is 9.87. The number of pyridine rings is 2. The molecule has 0 saturated carbocycles. The highest BCUT2D eigenvalue weighted by Gasteiger charge is 2.42. The highest BCUT2D eigenvalue weighted by atomic mass is 19.1. The smallest absolute Gasteiger partial charge is 0.391 e. The van der Waals surface area contributed by atoms with Gasteiger partial charge >= 0.3 is 6.09 Å². The lowest BCUT2D eigenvalue weighted by atomic mass is 9.65. The van der Waals surface area contributed by atoms with E-state index < -0.39 is 5.54 Å². The highest BCUT2D eigenvalue weighted by molar-refractivity contribution is 5.73. The number of ether oxygens (including phenoxy) is 1. The number of allylic oxidation sites excluding steroid dienone is 2. The van der Waals surface area contributed by atoms with Crippen LogP contribution >= 0.6 is 0 Å². The van der Waals surface area contributed by atoms with Crippen molar-refractivity contribution < 1.29 is 13.9 Å². The summed E-state index contributed by atoms with van der Waals surface area (Å²) in [6.45, 7) is 4.40. The summed E-state index contributed by atoms with van der Waals surface area (Å²) in [6, 6.07) is 12.7. The number of piperazine rings is 1. The first-order chi connectivity index (χ1) is 21.4. The number of rotatable bonds is 3. The molecule has 0 spiro atoms. The van der Waals surface area contributed by atoms with Crippen LogP contribution in [-0.4, -0.2) is 47.1 Å². The maximum absolute atomic E-state index is 13.8. The predicted octanol–water partition coefficient (Wildman–Crippen LogP) is 6.50. The Balaban J connectivity index is 1.06. The number of aryl methyl sites for hydroxylation is 1. The van der Waals surface area contributed by atoms with E-state index in [4.69, 9.17) is 20.4 Å². The molecule has 7 nitrogen and oxygen atoms in total. The Morgan fingerprint density at radius 2 is 1.77 bits per heavy atom. The number of carbonyl (C=O) groups excluding carboxylic acids is 1. The molecule has 3 aromatic rings. The number of benzene rings is 1. The lowest BCUT2D eigenvalue weighted by Gasteiger charge is -2.43. The van der Waals surface area contributed by atoms with E-state index in [1.165, 1.54) is 36.1 Å². The molecule has 2 aromatic heterocycles. The van der Waals surface area contributed by atoms with Gasteiger partial charge in [0.25, 0.3) is 0 Å². The van der Waals surface area contributed by atoms with Gasteiger partial charge in [-0.15, -0.1) is 0 Å². The van der Waals surface area contributed by atoms with E-state index in [1.807, 2.05) is 25.1 Å². The fourth-order valence-electron chi connectivity index (χ4n) is 7.56. The summed E-state index contributed by atoms with van der Waals surface area (Å²) in [4.78, 5) is 27.1. The van der Waals surface area contributed by atoms with Crippen LogP contribution in [0.4, 0.5) is 15.0 Å². The molecule has 228 valence electrons. The minimum absolute atomic E-state index is 0.229. The van der Waals surface area contributed by atoms with Gasteiger partial charge in [0.05, 0.1) is 11.2 Å². The van der Waals surface area contributed by atoms with Crippen molar-refractivity contribution in [3.05, 3.63) is 94.6 Å². The Bertz CT molecular complexity index is 1630. The third-order valence-corrected chi connectivity index (χ3v) is 9.87. The molecule has 2 N–H and O–H groups in total. The van der Waals surface area contributed by atoms with Gasteiger partial charge in [-0.05, 0) is 91.1 Å². The first-order valence-corrected chi connectivity index (χ1v) is 16.1. The van der Waals surface area contributed by atoms with Crippen LogP contribution in [0.1, 0.15) is 61.5 Å². The average molecular weight is 594 g/mol. The number of fused-ring (bicyclic) bond motifs is 5. The highest BCUT2D eigenvalue weighted by Crippen LogP contribution is 2.46. The Morgan fingerprint density at radius 3 is 2.55 bits per heavy atom. The summed E-state index contributed by atoms with van der Waals surface area (Å²) in [5.74, 6) is 1.24. The molecule has 3 aliphatic carbocycles. The van der Waals surface area contributed by atoms with Gasteiger partial charge in [0.1, 0.15) is 11.6 Å². The van der Waals surface area contributed by atoms with Crippen LogP contribution < -0.4 is 15.4 Å². The van der Waals surface area contributed by atoms with Gasteiger partial charge in [-0.2, -0.15) is 0 Å². The number of anilines is 1. The SMILES string of the molecule is C/C=C1\[C@@H]2C=CCC1(N)c1ccc(OC(=O)N3CCN(c4cc(-c5ccc(F)cc5)c5c(n4)CCCCCC5)CC3)nc1C2. The second-order valence-corrected chi connectivity index (χ2v) is 12.5. The molecule has 3 heterocycles. The molecule has 8 heteroatoms. The number of aromatic nitrogens is 2. The number of nitrogens with zero attached hydrogens (tertiary/aromatic N) is 4. The molecular weight excluding hydrogens is 553 g/mol. The standard InChI is InChI=1S/C36H40FN5O2/c1-2-29-25-8-7-17-36(29,38)30-15-16-34(40-32(30)22-25)44-35(43)42-20-18-41(19-21-42)33-23-28(24-11-13-26(37)14-12-24)27-9-5-3-4-6-10-31(27)39-33/h2,7-8,11-16,23,25H,3-6,9-10,17-22,38H2,1H3/b29-2+/t25-,36?/m1/s1. The Hall–Kier alpha value is -4.04. The van der Waals surface area contributed by atoms with Gasteiger partial charge in [0, 0.05) is 50.3 Å². The van der Waals surface area contributed by atoms with Crippen LogP contribution in [0.25, 0.3) is 11.1 Å². The topological polar surface area (TPSA) is 84.6 Å². The molecule has 0 radical (unpaired) electrons. The molecule has 1 saturated heterocycles. The van der Waals surface area contributed by atoms with Crippen molar-refractivity contribution in [1.82, 2.24) is 14.9 Å². The summed E-state index contributed by atoms with van der Waals surface area (Å²) in [5.41, 5.74) is 14.1. The van der Waals surface area contributed by atoms with E-state index in [0.717, 1.165) is 72.4 Å². The zero-order valence-corrected chi connectivity index (χ0v) is 25.4. The van der Waals surface area contributed by atoms with Crippen LogP contribution in [0.5, 0.6) is 5.88 Å². The predicted molar refractivity (Wildman–Crippen MR) is 170 cm³/mol. The van der Waals surface area contributed by atoms with Gasteiger partial charge in [0.15, 0.2) is 0 Å². The lowest BCUT2D eigenvalue weighted by Crippen LogP contribution is -2.50. The van der Waals surface area contributed by atoms with Gasteiger partial charge in [0.2, 0.25) is 5.88 Å². The molecule has 7 rings (SSSR count). The van der Waals surface area contributed by atoms with Crippen molar-refractivity contribution in [2.75, 3.05) is 31.1 Å². The molecule has 1 fully saturated rings. The Kier molecular flexibility index (Phi) is 7.70. The average Bonchev–Trinajstić information content (AvgIpc) is 3.01. The van der Waals surface area contributed by atoms with Crippen molar-refractivity contribution >= 4 is 11.9 Å². The second-order valence-electron chi connectivity index (χ2n) is 12.5. The van der Waals surface area contributed by atoms with Crippen molar-refractivity contribution in [2.24, 2.45) is 11.7 Å². The zero-order chi connectivity index (χ0) is 30.3. The van der Waals surface area contributed by atoms with Crippen LogP contribution in [-0.2, 0) is 24.8 Å². The Labute approximate surface area is 258 Å². The van der Waals surface area contributed by atoms with Crippen molar-refractivity contribution in [3.63, 3.8) is 0 Å². The van der Waals surface area contributed by atoms with Crippen LogP contribution in [0.2, 0.25) is 0 Å². The number of nitrogens with two attached hydrogens (primary N) is 1. The number of carbonyl (C=O) groups is 1. The molecule has 1 aromatic carbocycles. The summed E-state index contributed by atoms with van der Waals surface area (Å²) in [7, 11) is 0. The van der Waals surface area contributed by atoms with Gasteiger partial charge in [-0.25, -0.2) is 19.2 Å². The number of hydrogen-bond donors (Lipinski definition) is 1. The van der Waals surface area contributed by atoms with Crippen LogP contribution in [0, 0.1) is 11.7 Å². The summed E-state index contributed by atoms with van der Waals surface area (Å²) in [6.07, 6.45) is 14.3. The summed E-state index contributed by atoms with van der Waals surface area (Å²) in [5, 5.41) is 0. The fraction of sp³-hybridized carbons (Fsp3) is 0.417. The minimum Gasteiger partial charge on any atom is -0.391 e. The number of hydrogen-bond acceptors (Lipinski definition) is 6. The maximum atomic E-state index is 13.8. The van der Waals surface area contributed by atoms with Crippen LogP contribution in [0.3, 0.4) is 0 Å². The van der Waals surface area contributed by atoms with E-state index in [-0.39, 0.29) is 17.8 Å². The minimum atomic E-state index is -0.548. The van der Waals surface area contributed by atoms with E-state index in [2.05, 4.69) is 29.2 Å². The summed E-state index contributed by atoms with van der Waals surface area (Å²) >= 11 is 0. The van der Waals surface area contributed by atoms with Gasteiger partial charge in [-0.1, -0.05) is 43.2 Å². The van der Waals surface area contributed by atoms with Crippen molar-refractivity contribution in [1.29, 1.82) is 0 Å². The molecule has 2 bridgehead atoms. The molecule has 1 aliphatic heterocycles. The molecule has 44 heavy (non-hydrogen) atoms. The normalized spacial score (nSPS) is 23.9. The van der Waals surface area contributed by atoms with E-state index in [1.54, 1.807) is 11.0 Å². The molecule has 4 aliphatic rings. The van der Waals surface area contributed by atoms with Gasteiger partial charge < -0.3 is 20.3 Å². The quantitative estimate of drug-likeness (QED) is 0.349.